The minimum atomic E-state index is -1.06. The Labute approximate surface area is 119 Å². The molecule has 0 aliphatic heterocycles. The topological polar surface area (TPSA) is 75.6 Å². The number of carbonyl (C=O) groups is 2. The van der Waals surface area contributed by atoms with E-state index in [0.29, 0.717) is 0 Å². The van der Waals surface area contributed by atoms with Gasteiger partial charge in [0.15, 0.2) is 0 Å². The lowest BCUT2D eigenvalue weighted by atomic mass is 10.1. The van der Waals surface area contributed by atoms with Crippen LogP contribution in [0.2, 0.25) is 0 Å². The molecule has 6 heteroatoms. The van der Waals surface area contributed by atoms with Crippen molar-refractivity contribution in [3.8, 4) is 0 Å². The van der Waals surface area contributed by atoms with E-state index in [1.807, 2.05) is 24.3 Å². The van der Waals surface area contributed by atoms with Gasteiger partial charge in [0.1, 0.15) is 12.6 Å². The van der Waals surface area contributed by atoms with Crippen LogP contribution in [0, 0.1) is 3.57 Å². The fourth-order valence-corrected chi connectivity index (χ4v) is 1.78. The van der Waals surface area contributed by atoms with Crippen LogP contribution in [-0.4, -0.2) is 36.7 Å². The summed E-state index contributed by atoms with van der Waals surface area (Å²) >= 11 is 2.17. The maximum Gasteiger partial charge on any atom is 0.326 e. The maximum atomic E-state index is 11.3. The molecule has 0 saturated heterocycles. The molecule has 0 aliphatic carbocycles. The van der Waals surface area contributed by atoms with Gasteiger partial charge < -0.3 is 15.2 Å². The normalized spacial score (nSPS) is 11.9. The zero-order chi connectivity index (χ0) is 13.5. The van der Waals surface area contributed by atoms with Crippen LogP contribution < -0.4 is 5.32 Å². The van der Waals surface area contributed by atoms with E-state index in [2.05, 4.69) is 32.6 Å². The number of ether oxygens (including phenoxy) is 1. The summed E-state index contributed by atoms with van der Waals surface area (Å²) in [6, 6.07) is 6.55. The molecule has 0 heterocycles. The van der Waals surface area contributed by atoms with Crippen LogP contribution in [0.4, 0.5) is 0 Å². The van der Waals surface area contributed by atoms with Crippen molar-refractivity contribution in [3.05, 3.63) is 33.4 Å². The smallest absolute Gasteiger partial charge is 0.326 e. The van der Waals surface area contributed by atoms with Gasteiger partial charge in [-0.1, -0.05) is 12.1 Å². The number of aliphatic carboxylic acids is 1. The van der Waals surface area contributed by atoms with Crippen molar-refractivity contribution >= 4 is 34.5 Å². The first-order valence-corrected chi connectivity index (χ1v) is 6.36. The fraction of sp³-hybridized carbons (Fsp3) is 0.333. The Bertz CT molecular complexity index is 419. The molecule has 0 saturated carbocycles. The number of carboxylic acids is 1. The van der Waals surface area contributed by atoms with Crippen LogP contribution in [0.5, 0.6) is 0 Å². The summed E-state index contributed by atoms with van der Waals surface area (Å²) in [7, 11) is 1.38. The van der Waals surface area contributed by atoms with E-state index in [1.165, 1.54) is 7.11 Å². The van der Waals surface area contributed by atoms with Gasteiger partial charge in [0, 0.05) is 17.1 Å². The number of nitrogens with one attached hydrogen (secondary N) is 1. The lowest BCUT2D eigenvalue weighted by molar-refractivity contribution is -0.142. The largest absolute Gasteiger partial charge is 0.480 e. The van der Waals surface area contributed by atoms with Crippen LogP contribution in [0.3, 0.4) is 0 Å². The number of halogens is 1. The number of rotatable bonds is 6. The third-order valence-corrected chi connectivity index (χ3v) is 2.98. The van der Waals surface area contributed by atoms with E-state index < -0.39 is 17.9 Å². The number of carbonyl (C=O) groups excluding carboxylic acids is 1. The molecule has 1 aromatic carbocycles. The third-order valence-electron chi connectivity index (χ3n) is 2.26. The van der Waals surface area contributed by atoms with Gasteiger partial charge in [-0.3, -0.25) is 4.79 Å². The number of carboxylic acid groups (broad SMARTS) is 1. The summed E-state index contributed by atoms with van der Waals surface area (Å²) in [5, 5.41) is 11.5. The van der Waals surface area contributed by atoms with Gasteiger partial charge in [-0.25, -0.2) is 4.79 Å². The van der Waals surface area contributed by atoms with Crippen molar-refractivity contribution in [2.45, 2.75) is 12.5 Å². The molecule has 0 aliphatic rings. The quantitative estimate of drug-likeness (QED) is 0.741. The summed E-state index contributed by atoms with van der Waals surface area (Å²) in [5.74, 6) is -1.49. The number of benzene rings is 1. The summed E-state index contributed by atoms with van der Waals surface area (Å²) in [4.78, 5) is 22.4. The van der Waals surface area contributed by atoms with Gasteiger partial charge in [0.05, 0.1) is 0 Å². The molecule has 98 valence electrons. The average molecular weight is 363 g/mol. The van der Waals surface area contributed by atoms with Crippen molar-refractivity contribution in [2.75, 3.05) is 13.7 Å². The molecule has 2 N–H and O–H groups in total. The van der Waals surface area contributed by atoms with Crippen LogP contribution in [-0.2, 0) is 20.7 Å². The monoisotopic (exact) mass is 363 g/mol. The van der Waals surface area contributed by atoms with Gasteiger partial charge in [0.25, 0.3) is 0 Å². The van der Waals surface area contributed by atoms with E-state index in [1.54, 1.807) is 0 Å². The zero-order valence-electron chi connectivity index (χ0n) is 9.85. The van der Waals surface area contributed by atoms with Gasteiger partial charge >= 0.3 is 5.97 Å². The number of methoxy groups -OCH3 is 1. The zero-order valence-corrected chi connectivity index (χ0v) is 12.0. The van der Waals surface area contributed by atoms with Gasteiger partial charge in [0.2, 0.25) is 5.91 Å². The molecule has 18 heavy (non-hydrogen) atoms. The lowest BCUT2D eigenvalue weighted by Crippen LogP contribution is -2.43. The van der Waals surface area contributed by atoms with E-state index in [0.717, 1.165) is 9.13 Å². The molecule has 0 fully saturated rings. The maximum absolute atomic E-state index is 11.3. The molecular formula is C12H14INO4. The molecule has 0 bridgehead atoms. The molecule has 1 aromatic rings. The van der Waals surface area contributed by atoms with E-state index in [9.17, 15) is 9.59 Å². The number of amides is 1. The average Bonchev–Trinajstić information content (AvgIpc) is 2.31. The SMILES string of the molecule is COCC(=O)N[C@@H](Cc1ccc(I)cc1)C(=O)O. The van der Waals surface area contributed by atoms with Crippen molar-refractivity contribution in [1.82, 2.24) is 5.32 Å². The summed E-state index contributed by atoms with van der Waals surface area (Å²) in [6.07, 6.45) is 0.252. The van der Waals surface area contributed by atoms with Crippen LogP contribution in [0.25, 0.3) is 0 Å². The van der Waals surface area contributed by atoms with Crippen molar-refractivity contribution in [3.63, 3.8) is 0 Å². The Morgan fingerprint density at radius 1 is 1.39 bits per heavy atom. The van der Waals surface area contributed by atoms with Crippen LogP contribution in [0.1, 0.15) is 5.56 Å². The first-order chi connectivity index (χ1) is 8.52. The highest BCUT2D eigenvalue weighted by Gasteiger charge is 2.20. The lowest BCUT2D eigenvalue weighted by Gasteiger charge is -2.14. The fourth-order valence-electron chi connectivity index (χ4n) is 1.42. The molecule has 1 rings (SSSR count). The highest BCUT2D eigenvalue weighted by atomic mass is 127. The molecule has 5 nitrogen and oxygen atoms in total. The molecule has 0 unspecified atom stereocenters. The summed E-state index contributed by atoms with van der Waals surface area (Å²) in [6.45, 7) is -0.142. The number of hydrogen-bond acceptors (Lipinski definition) is 3. The minimum absolute atomic E-state index is 0.142. The van der Waals surface area contributed by atoms with Gasteiger partial charge in [-0.05, 0) is 40.3 Å². The highest BCUT2D eigenvalue weighted by Crippen LogP contribution is 2.09. The molecule has 1 atom stereocenters. The Morgan fingerprint density at radius 2 is 2.00 bits per heavy atom. The Balaban J connectivity index is 2.65. The standard InChI is InChI=1S/C12H14INO4/c1-18-7-11(15)14-10(12(16)17)6-8-2-4-9(13)5-3-8/h2-5,10H,6-7H2,1H3,(H,14,15)(H,16,17)/t10-/m0/s1. The second-order valence-electron chi connectivity index (χ2n) is 3.72. The predicted molar refractivity (Wildman–Crippen MR) is 74.3 cm³/mol. The van der Waals surface area contributed by atoms with E-state index >= 15 is 0 Å². The highest BCUT2D eigenvalue weighted by molar-refractivity contribution is 14.1. The van der Waals surface area contributed by atoms with Crippen LogP contribution >= 0.6 is 22.6 Å². The molecular weight excluding hydrogens is 349 g/mol. The Kier molecular flexibility index (Phi) is 6.06. The van der Waals surface area contributed by atoms with Crippen LogP contribution in [0.15, 0.2) is 24.3 Å². The second kappa shape index (κ2) is 7.32. The first kappa shape index (κ1) is 14.9. The van der Waals surface area contributed by atoms with Gasteiger partial charge in [-0.2, -0.15) is 0 Å². The summed E-state index contributed by atoms with van der Waals surface area (Å²) in [5.41, 5.74) is 0.862. The summed E-state index contributed by atoms with van der Waals surface area (Å²) < 4.78 is 5.72. The first-order valence-electron chi connectivity index (χ1n) is 5.28. The molecule has 1 amide bonds. The van der Waals surface area contributed by atoms with E-state index in [4.69, 9.17) is 5.11 Å². The van der Waals surface area contributed by atoms with Crippen molar-refractivity contribution in [2.24, 2.45) is 0 Å². The third kappa shape index (κ3) is 5.01. The predicted octanol–water partition coefficient (Wildman–Crippen LogP) is 1.05. The van der Waals surface area contributed by atoms with Crippen molar-refractivity contribution < 1.29 is 19.4 Å². The second-order valence-corrected chi connectivity index (χ2v) is 4.97. The van der Waals surface area contributed by atoms with E-state index in [-0.39, 0.29) is 13.0 Å². The minimum Gasteiger partial charge on any atom is -0.480 e. The molecule has 0 spiro atoms. The molecule has 0 radical (unpaired) electrons. The Morgan fingerprint density at radius 3 is 2.50 bits per heavy atom. The van der Waals surface area contributed by atoms with Gasteiger partial charge in [-0.15, -0.1) is 0 Å². The molecule has 0 aromatic heterocycles. The number of hydrogen-bond donors (Lipinski definition) is 2. The Hall–Kier alpha value is -1.15. The van der Waals surface area contributed by atoms with Crippen molar-refractivity contribution in [1.29, 1.82) is 0 Å².